The van der Waals surface area contributed by atoms with Gasteiger partial charge in [0.1, 0.15) is 6.10 Å². The van der Waals surface area contributed by atoms with Crippen molar-refractivity contribution >= 4 is 16.6 Å². The van der Waals surface area contributed by atoms with Gasteiger partial charge in [-0.05, 0) is 19.2 Å². The maximum absolute atomic E-state index is 12.2. The average Bonchev–Trinajstić information content (AvgIpc) is 2.37. The molecule has 1 heterocycles. The number of nitrogens with zero attached hydrogens (tertiary/aromatic N) is 1. The number of fused-ring (bicyclic) bond motifs is 1. The highest BCUT2D eigenvalue weighted by Crippen LogP contribution is 2.19. The summed E-state index contributed by atoms with van der Waals surface area (Å²) in [6.07, 6.45) is 2.95. The van der Waals surface area contributed by atoms with Crippen molar-refractivity contribution in [3.63, 3.8) is 0 Å². The van der Waals surface area contributed by atoms with Crippen molar-refractivity contribution in [1.29, 1.82) is 0 Å². The Morgan fingerprint density at radius 2 is 2.12 bits per heavy atom. The van der Waals surface area contributed by atoms with Crippen molar-refractivity contribution < 1.29 is 9.53 Å². The van der Waals surface area contributed by atoms with E-state index in [-0.39, 0.29) is 5.78 Å². The van der Waals surface area contributed by atoms with Crippen LogP contribution in [0.5, 0.6) is 0 Å². The summed E-state index contributed by atoms with van der Waals surface area (Å²) in [4.78, 5) is 16.3. The molecule has 17 heavy (non-hydrogen) atoms. The minimum absolute atomic E-state index is 0.0175. The van der Waals surface area contributed by atoms with E-state index in [4.69, 9.17) is 4.74 Å². The van der Waals surface area contributed by atoms with E-state index in [1.807, 2.05) is 31.2 Å². The number of aromatic nitrogens is 1. The molecule has 0 spiro atoms. The van der Waals surface area contributed by atoms with Crippen LogP contribution in [0, 0.1) is 0 Å². The molecule has 0 saturated carbocycles. The van der Waals surface area contributed by atoms with Crippen LogP contribution in [0.2, 0.25) is 0 Å². The largest absolute Gasteiger partial charge is 0.371 e. The Bertz CT molecular complexity index is 531. The lowest BCUT2D eigenvalue weighted by molar-refractivity contribution is 0.0522. The Labute approximate surface area is 100 Å². The van der Waals surface area contributed by atoms with E-state index in [0.717, 1.165) is 10.8 Å². The molecule has 2 aromatic rings. The highest BCUT2D eigenvalue weighted by molar-refractivity contribution is 6.09. The number of ketones is 1. The zero-order chi connectivity index (χ0) is 12.3. The quantitative estimate of drug-likeness (QED) is 0.757. The Hall–Kier alpha value is -1.74. The monoisotopic (exact) mass is 229 g/mol. The third kappa shape index (κ3) is 2.34. The molecule has 1 aromatic carbocycles. The van der Waals surface area contributed by atoms with Gasteiger partial charge in [-0.3, -0.25) is 9.78 Å². The molecule has 0 amide bonds. The first-order valence-corrected chi connectivity index (χ1v) is 5.72. The normalized spacial score (nSPS) is 12.6. The second-order valence-electron chi connectivity index (χ2n) is 3.87. The smallest absolute Gasteiger partial charge is 0.193 e. The number of carbonyl (C=O) groups is 1. The molecule has 0 N–H and O–H groups in total. The van der Waals surface area contributed by atoms with Crippen LogP contribution in [-0.4, -0.2) is 23.5 Å². The Balaban J connectivity index is 2.45. The Morgan fingerprint density at radius 1 is 1.35 bits per heavy atom. The van der Waals surface area contributed by atoms with Crippen LogP contribution in [0.1, 0.15) is 24.2 Å². The fraction of sp³-hybridized carbons (Fsp3) is 0.286. The lowest BCUT2D eigenvalue weighted by atomic mass is 10.0. The number of ether oxygens (including phenoxy) is 1. The minimum atomic E-state index is -0.424. The highest BCUT2D eigenvalue weighted by Gasteiger charge is 2.17. The van der Waals surface area contributed by atoms with Crippen LogP contribution in [0.15, 0.2) is 36.7 Å². The maximum atomic E-state index is 12.2. The summed E-state index contributed by atoms with van der Waals surface area (Å²) >= 11 is 0. The summed E-state index contributed by atoms with van der Waals surface area (Å²) in [6.45, 7) is 4.18. The molecule has 0 aliphatic heterocycles. The summed E-state index contributed by atoms with van der Waals surface area (Å²) in [5.41, 5.74) is 0.629. The van der Waals surface area contributed by atoms with Crippen LogP contribution < -0.4 is 0 Å². The van der Waals surface area contributed by atoms with Crippen LogP contribution in [-0.2, 0) is 4.74 Å². The van der Waals surface area contributed by atoms with Crippen molar-refractivity contribution in [2.75, 3.05) is 6.61 Å². The second kappa shape index (κ2) is 5.06. The number of hydrogen-bond donors (Lipinski definition) is 0. The molecule has 1 unspecified atom stereocenters. The molecule has 0 radical (unpaired) electrons. The van der Waals surface area contributed by atoms with Crippen LogP contribution >= 0.6 is 0 Å². The summed E-state index contributed by atoms with van der Waals surface area (Å²) < 4.78 is 5.33. The van der Waals surface area contributed by atoms with Gasteiger partial charge in [-0.1, -0.05) is 24.3 Å². The van der Waals surface area contributed by atoms with E-state index in [2.05, 4.69) is 4.98 Å². The summed E-state index contributed by atoms with van der Waals surface area (Å²) in [5, 5.41) is 1.90. The lowest BCUT2D eigenvalue weighted by Gasteiger charge is -2.11. The number of rotatable bonds is 4. The fourth-order valence-corrected chi connectivity index (χ4v) is 1.86. The molecule has 3 nitrogen and oxygen atoms in total. The molecule has 0 bridgehead atoms. The SMILES string of the molecule is CCOC(C)C(=O)c1cncc2ccccc12. The maximum Gasteiger partial charge on any atom is 0.193 e. The third-order valence-corrected chi connectivity index (χ3v) is 2.72. The molecule has 0 aliphatic rings. The molecule has 0 fully saturated rings. The molecule has 0 aliphatic carbocycles. The van der Waals surface area contributed by atoms with Crippen LogP contribution in [0.4, 0.5) is 0 Å². The molecular formula is C14H15NO2. The minimum Gasteiger partial charge on any atom is -0.371 e. The predicted molar refractivity (Wildman–Crippen MR) is 67.2 cm³/mol. The van der Waals surface area contributed by atoms with Crippen molar-refractivity contribution in [3.05, 3.63) is 42.2 Å². The van der Waals surface area contributed by atoms with E-state index < -0.39 is 6.10 Å². The number of carbonyl (C=O) groups excluding carboxylic acids is 1. The molecular weight excluding hydrogens is 214 g/mol. The summed E-state index contributed by atoms with van der Waals surface area (Å²) in [6, 6.07) is 7.74. The van der Waals surface area contributed by atoms with Gasteiger partial charge in [0.25, 0.3) is 0 Å². The van der Waals surface area contributed by atoms with E-state index in [1.165, 1.54) is 0 Å². The molecule has 3 heteroatoms. The Morgan fingerprint density at radius 3 is 2.88 bits per heavy atom. The van der Waals surface area contributed by atoms with Gasteiger partial charge in [0.15, 0.2) is 5.78 Å². The van der Waals surface area contributed by atoms with E-state index in [0.29, 0.717) is 12.2 Å². The van der Waals surface area contributed by atoms with Gasteiger partial charge in [-0.25, -0.2) is 0 Å². The van der Waals surface area contributed by atoms with Crippen molar-refractivity contribution in [3.8, 4) is 0 Å². The van der Waals surface area contributed by atoms with Crippen molar-refractivity contribution in [2.45, 2.75) is 20.0 Å². The number of pyridine rings is 1. The first-order valence-electron chi connectivity index (χ1n) is 5.72. The number of Topliss-reactive ketones (excluding diaryl/α,β-unsaturated/α-hetero) is 1. The first kappa shape index (κ1) is 11.7. The summed E-state index contributed by atoms with van der Waals surface area (Å²) in [7, 11) is 0. The first-order chi connectivity index (χ1) is 8.24. The van der Waals surface area contributed by atoms with Gasteiger partial charge in [-0.15, -0.1) is 0 Å². The van der Waals surface area contributed by atoms with Crippen LogP contribution in [0.25, 0.3) is 10.8 Å². The fourth-order valence-electron chi connectivity index (χ4n) is 1.86. The predicted octanol–water partition coefficient (Wildman–Crippen LogP) is 2.84. The van der Waals surface area contributed by atoms with E-state index in [9.17, 15) is 4.79 Å². The van der Waals surface area contributed by atoms with E-state index in [1.54, 1.807) is 19.3 Å². The van der Waals surface area contributed by atoms with Crippen molar-refractivity contribution in [1.82, 2.24) is 4.98 Å². The van der Waals surface area contributed by atoms with Gasteiger partial charge in [0.2, 0.25) is 0 Å². The zero-order valence-electron chi connectivity index (χ0n) is 10.0. The number of hydrogen-bond acceptors (Lipinski definition) is 3. The third-order valence-electron chi connectivity index (χ3n) is 2.72. The molecule has 0 saturated heterocycles. The van der Waals surface area contributed by atoms with Gasteiger partial charge in [0, 0.05) is 30.0 Å². The molecule has 2 rings (SSSR count). The van der Waals surface area contributed by atoms with Crippen molar-refractivity contribution in [2.24, 2.45) is 0 Å². The standard InChI is InChI=1S/C14H15NO2/c1-3-17-10(2)14(16)13-9-15-8-11-6-4-5-7-12(11)13/h4-10H,3H2,1-2H3. The van der Waals surface area contributed by atoms with Gasteiger partial charge in [-0.2, -0.15) is 0 Å². The van der Waals surface area contributed by atoms with Crippen LogP contribution in [0.3, 0.4) is 0 Å². The Kier molecular flexibility index (Phi) is 3.49. The topological polar surface area (TPSA) is 39.2 Å². The van der Waals surface area contributed by atoms with Gasteiger partial charge in [0.05, 0.1) is 0 Å². The molecule has 1 aromatic heterocycles. The average molecular weight is 229 g/mol. The lowest BCUT2D eigenvalue weighted by Crippen LogP contribution is -2.21. The van der Waals surface area contributed by atoms with Gasteiger partial charge >= 0.3 is 0 Å². The zero-order valence-corrected chi connectivity index (χ0v) is 10.0. The van der Waals surface area contributed by atoms with E-state index >= 15 is 0 Å². The number of benzene rings is 1. The second-order valence-corrected chi connectivity index (χ2v) is 3.87. The molecule has 88 valence electrons. The molecule has 1 atom stereocenters. The summed E-state index contributed by atoms with van der Waals surface area (Å²) in [5.74, 6) is -0.0175. The van der Waals surface area contributed by atoms with Gasteiger partial charge < -0.3 is 4.74 Å². The highest BCUT2D eigenvalue weighted by atomic mass is 16.5.